The standard InChI is InChI=1S/C19H21NO.C19H21N/c1-20(2)13-7-11-17-16-9-4-3-8-15(16)14-21-19-12-6-5-10-18(17)19;1-20-14-6-11-19-17-9-4-2-7-15(17)12-13-16-8-3-5-10-18(16)19/h3-6,8-12H,7,13-14H2,1-2H3;2-5,7-10,12-13,19-20H,6,11,14H2,1H3/b17-11+;. The zero-order valence-electron chi connectivity index (χ0n) is 24.6. The van der Waals surface area contributed by atoms with E-state index in [0.29, 0.717) is 12.5 Å². The van der Waals surface area contributed by atoms with Crippen molar-refractivity contribution in [2.45, 2.75) is 31.8 Å². The molecule has 0 saturated carbocycles. The van der Waals surface area contributed by atoms with E-state index in [2.05, 4.69) is 134 Å². The van der Waals surface area contributed by atoms with E-state index in [1.165, 1.54) is 57.4 Å². The second-order valence-electron chi connectivity index (χ2n) is 11.0. The molecule has 41 heavy (non-hydrogen) atoms. The maximum atomic E-state index is 5.98. The van der Waals surface area contributed by atoms with E-state index in [4.69, 9.17) is 4.74 Å². The van der Waals surface area contributed by atoms with Crippen molar-refractivity contribution >= 4 is 17.7 Å². The minimum absolute atomic E-state index is 0.505. The van der Waals surface area contributed by atoms with Crippen molar-refractivity contribution in [3.63, 3.8) is 0 Å². The predicted molar refractivity (Wildman–Crippen MR) is 174 cm³/mol. The zero-order valence-corrected chi connectivity index (χ0v) is 24.6. The summed E-state index contributed by atoms with van der Waals surface area (Å²) >= 11 is 0. The topological polar surface area (TPSA) is 24.5 Å². The van der Waals surface area contributed by atoms with Crippen molar-refractivity contribution < 1.29 is 4.74 Å². The van der Waals surface area contributed by atoms with Gasteiger partial charge in [-0.3, -0.25) is 0 Å². The van der Waals surface area contributed by atoms with E-state index in [1.54, 1.807) is 0 Å². The van der Waals surface area contributed by atoms with Crippen LogP contribution in [0.1, 0.15) is 64.1 Å². The average molecular weight is 543 g/mol. The molecule has 0 saturated heterocycles. The number of nitrogens with zero attached hydrogens (tertiary/aromatic N) is 1. The molecular weight excluding hydrogens is 500 g/mol. The third kappa shape index (κ3) is 7.05. The van der Waals surface area contributed by atoms with Gasteiger partial charge in [0.15, 0.2) is 0 Å². The summed E-state index contributed by atoms with van der Waals surface area (Å²) < 4.78 is 5.98. The molecule has 0 atom stereocenters. The average Bonchev–Trinajstić information content (AvgIpc) is 3.26. The van der Waals surface area contributed by atoms with Gasteiger partial charge < -0.3 is 15.0 Å². The maximum absolute atomic E-state index is 5.98. The van der Waals surface area contributed by atoms with Crippen LogP contribution in [0, 0.1) is 0 Å². The quantitative estimate of drug-likeness (QED) is 0.238. The van der Waals surface area contributed by atoms with Crippen molar-refractivity contribution in [3.8, 4) is 5.75 Å². The molecule has 0 unspecified atom stereocenters. The molecule has 0 amide bonds. The lowest BCUT2D eigenvalue weighted by molar-refractivity contribution is 0.307. The van der Waals surface area contributed by atoms with Gasteiger partial charge in [-0.05, 0) is 92.0 Å². The fraction of sp³-hybridized carbons (Fsp3) is 0.263. The summed E-state index contributed by atoms with van der Waals surface area (Å²) in [5.41, 5.74) is 10.7. The number of nitrogens with one attached hydrogen (secondary N) is 1. The Labute approximate surface area is 246 Å². The summed E-state index contributed by atoms with van der Waals surface area (Å²) in [6.07, 6.45) is 10.3. The molecule has 0 radical (unpaired) electrons. The van der Waals surface area contributed by atoms with Gasteiger partial charge >= 0.3 is 0 Å². The molecule has 4 aromatic carbocycles. The van der Waals surface area contributed by atoms with Crippen molar-refractivity contribution in [2.24, 2.45) is 0 Å². The number of fused-ring (bicyclic) bond motifs is 4. The second-order valence-corrected chi connectivity index (χ2v) is 11.0. The van der Waals surface area contributed by atoms with Gasteiger partial charge in [-0.2, -0.15) is 0 Å². The lowest BCUT2D eigenvalue weighted by Gasteiger charge is -2.20. The number of ether oxygens (including phenoxy) is 1. The first-order valence-electron chi connectivity index (χ1n) is 14.8. The highest BCUT2D eigenvalue weighted by atomic mass is 16.5. The molecule has 0 bridgehead atoms. The van der Waals surface area contributed by atoms with Crippen LogP contribution in [0.2, 0.25) is 0 Å². The fourth-order valence-corrected chi connectivity index (χ4v) is 5.81. The third-order valence-electron chi connectivity index (χ3n) is 7.90. The Bertz CT molecular complexity index is 1400. The second kappa shape index (κ2) is 14.1. The molecule has 1 aliphatic heterocycles. The molecular formula is C38H42N2O. The molecule has 1 aliphatic carbocycles. The summed E-state index contributed by atoms with van der Waals surface area (Å²) in [6.45, 7) is 2.77. The van der Waals surface area contributed by atoms with Crippen LogP contribution in [0.15, 0.2) is 103 Å². The van der Waals surface area contributed by atoms with Gasteiger partial charge in [0.05, 0.1) is 0 Å². The van der Waals surface area contributed by atoms with Crippen LogP contribution in [0.4, 0.5) is 0 Å². The Kier molecular flexibility index (Phi) is 9.85. The predicted octanol–water partition coefficient (Wildman–Crippen LogP) is 8.26. The SMILES string of the molecule is CN(C)CC/C=C1\c2ccccc2COc2ccccc21.CNCCCC1c2ccccc2C=Cc2ccccc21. The van der Waals surface area contributed by atoms with E-state index in [0.717, 1.165) is 25.3 Å². The summed E-state index contributed by atoms with van der Waals surface area (Å²) in [5, 5.41) is 3.26. The Morgan fingerprint density at radius 3 is 2.07 bits per heavy atom. The van der Waals surface area contributed by atoms with Gasteiger partial charge in [0.2, 0.25) is 0 Å². The fourth-order valence-electron chi connectivity index (χ4n) is 5.81. The first kappa shape index (κ1) is 28.6. The van der Waals surface area contributed by atoms with Crippen LogP contribution in [0.5, 0.6) is 5.75 Å². The van der Waals surface area contributed by atoms with Gasteiger partial charge in [-0.25, -0.2) is 0 Å². The molecule has 6 rings (SSSR count). The van der Waals surface area contributed by atoms with Crippen molar-refractivity contribution in [3.05, 3.63) is 142 Å². The Balaban J connectivity index is 0.000000165. The summed E-state index contributed by atoms with van der Waals surface area (Å²) in [5.74, 6) is 1.48. The van der Waals surface area contributed by atoms with Crippen molar-refractivity contribution in [2.75, 3.05) is 34.2 Å². The molecule has 210 valence electrons. The molecule has 2 aliphatic rings. The molecule has 1 N–H and O–H groups in total. The van der Waals surface area contributed by atoms with Gasteiger partial charge in [0.25, 0.3) is 0 Å². The van der Waals surface area contributed by atoms with E-state index in [9.17, 15) is 0 Å². The van der Waals surface area contributed by atoms with Gasteiger partial charge in [0, 0.05) is 18.0 Å². The number of para-hydroxylation sites is 1. The molecule has 3 heteroatoms. The third-order valence-corrected chi connectivity index (χ3v) is 7.90. The smallest absolute Gasteiger partial charge is 0.127 e. The Morgan fingerprint density at radius 2 is 1.39 bits per heavy atom. The number of rotatable bonds is 7. The number of hydrogen-bond acceptors (Lipinski definition) is 3. The van der Waals surface area contributed by atoms with E-state index in [-0.39, 0.29) is 0 Å². The molecule has 1 heterocycles. The van der Waals surface area contributed by atoms with Crippen LogP contribution < -0.4 is 10.1 Å². The maximum Gasteiger partial charge on any atom is 0.127 e. The monoisotopic (exact) mass is 542 g/mol. The number of hydrogen-bond donors (Lipinski definition) is 1. The largest absolute Gasteiger partial charge is 0.488 e. The first-order chi connectivity index (χ1) is 20.2. The van der Waals surface area contributed by atoms with Crippen LogP contribution in [0.25, 0.3) is 17.7 Å². The van der Waals surface area contributed by atoms with Crippen LogP contribution in [-0.4, -0.2) is 39.1 Å². The van der Waals surface area contributed by atoms with E-state index in [1.807, 2.05) is 13.1 Å². The molecule has 4 aromatic rings. The van der Waals surface area contributed by atoms with Crippen LogP contribution in [0.3, 0.4) is 0 Å². The van der Waals surface area contributed by atoms with Gasteiger partial charge in [-0.1, -0.05) is 109 Å². The molecule has 0 aromatic heterocycles. The lowest BCUT2D eigenvalue weighted by Crippen LogP contribution is -2.12. The van der Waals surface area contributed by atoms with Gasteiger partial charge in [-0.15, -0.1) is 0 Å². The zero-order chi connectivity index (χ0) is 28.4. The highest BCUT2D eigenvalue weighted by Gasteiger charge is 2.20. The summed E-state index contributed by atoms with van der Waals surface area (Å²) in [6, 6.07) is 34.4. The van der Waals surface area contributed by atoms with Crippen LogP contribution >= 0.6 is 0 Å². The highest BCUT2D eigenvalue weighted by Crippen LogP contribution is 2.38. The molecule has 3 nitrogen and oxygen atoms in total. The minimum atomic E-state index is 0.505. The summed E-state index contributed by atoms with van der Waals surface area (Å²) in [4.78, 5) is 2.21. The molecule has 0 spiro atoms. The van der Waals surface area contributed by atoms with Crippen molar-refractivity contribution in [1.82, 2.24) is 10.2 Å². The highest BCUT2D eigenvalue weighted by molar-refractivity contribution is 5.85. The summed E-state index contributed by atoms with van der Waals surface area (Å²) in [7, 11) is 6.24. The minimum Gasteiger partial charge on any atom is -0.488 e. The normalized spacial score (nSPS) is 14.5. The van der Waals surface area contributed by atoms with E-state index >= 15 is 0 Å². The molecule has 0 fully saturated rings. The van der Waals surface area contributed by atoms with E-state index < -0.39 is 0 Å². The van der Waals surface area contributed by atoms with Crippen molar-refractivity contribution in [1.29, 1.82) is 0 Å². The lowest BCUT2D eigenvalue weighted by atomic mass is 9.84. The first-order valence-corrected chi connectivity index (χ1v) is 14.8. The number of benzene rings is 4. The Morgan fingerprint density at radius 1 is 0.780 bits per heavy atom. The van der Waals surface area contributed by atoms with Gasteiger partial charge in [0.1, 0.15) is 12.4 Å². The Hall–Kier alpha value is -3.92. The van der Waals surface area contributed by atoms with Crippen LogP contribution in [-0.2, 0) is 6.61 Å².